The summed E-state index contributed by atoms with van der Waals surface area (Å²) in [5.74, 6) is 1.09. The number of methoxy groups -OCH3 is 1. The molecule has 1 amide bonds. The Morgan fingerprint density at radius 3 is 2.43 bits per heavy atom. The van der Waals surface area contributed by atoms with Gasteiger partial charge in [-0.15, -0.1) is 0 Å². The van der Waals surface area contributed by atoms with Gasteiger partial charge in [-0.1, -0.05) is 12.8 Å². The quantitative estimate of drug-likeness (QED) is 0.558. The maximum absolute atomic E-state index is 13.0. The zero-order valence-electron chi connectivity index (χ0n) is 20.7. The molecule has 0 atom stereocenters. The Labute approximate surface area is 205 Å². The fourth-order valence-corrected chi connectivity index (χ4v) is 5.53. The number of pyridine rings is 1. The second-order valence-electron chi connectivity index (χ2n) is 9.87. The molecule has 1 saturated carbocycles. The van der Waals surface area contributed by atoms with Gasteiger partial charge in [0.1, 0.15) is 5.82 Å². The lowest BCUT2D eigenvalue weighted by Crippen LogP contribution is -2.29. The number of piperidine rings is 1. The van der Waals surface area contributed by atoms with Gasteiger partial charge in [0.05, 0.1) is 24.3 Å². The lowest BCUT2D eigenvalue weighted by molar-refractivity contribution is 0.187. The summed E-state index contributed by atoms with van der Waals surface area (Å²) in [6.07, 6.45) is 7.78. The second kappa shape index (κ2) is 9.73. The van der Waals surface area contributed by atoms with E-state index in [1.54, 1.807) is 17.8 Å². The first-order chi connectivity index (χ1) is 16.9. The smallest absolute Gasteiger partial charge is 0.411 e. The summed E-state index contributed by atoms with van der Waals surface area (Å²) in [6.45, 7) is 2.10. The third-order valence-corrected chi connectivity index (χ3v) is 7.52. The van der Waals surface area contributed by atoms with Gasteiger partial charge in [-0.05, 0) is 75.5 Å². The molecule has 3 heterocycles. The molecule has 0 bridgehead atoms. The topological polar surface area (TPSA) is 93.4 Å². The molecule has 1 saturated heterocycles. The van der Waals surface area contributed by atoms with Crippen molar-refractivity contribution in [3.8, 4) is 0 Å². The number of likely N-dealkylation sites (tertiary alicyclic amines) is 1. The monoisotopic (exact) mass is 478 g/mol. The van der Waals surface area contributed by atoms with Crippen molar-refractivity contribution in [2.24, 2.45) is 7.05 Å². The highest BCUT2D eigenvalue weighted by Gasteiger charge is 2.23. The summed E-state index contributed by atoms with van der Waals surface area (Å²) in [5.41, 5.74) is 4.45. The molecular formula is C26H34N6O3. The minimum absolute atomic E-state index is 0.0136. The van der Waals surface area contributed by atoms with E-state index in [2.05, 4.69) is 33.6 Å². The number of hydrogen-bond acceptors (Lipinski definition) is 6. The molecule has 2 N–H and O–H groups in total. The number of anilines is 3. The van der Waals surface area contributed by atoms with Crippen LogP contribution in [0.5, 0.6) is 0 Å². The summed E-state index contributed by atoms with van der Waals surface area (Å²) >= 11 is 0. The minimum atomic E-state index is -0.499. The lowest BCUT2D eigenvalue weighted by atomic mass is 9.89. The molecule has 186 valence electrons. The number of aromatic nitrogens is 3. The molecule has 5 rings (SSSR count). The number of amides is 1. The third-order valence-electron chi connectivity index (χ3n) is 7.52. The zero-order chi connectivity index (χ0) is 24.5. The average Bonchev–Trinajstić information content (AvgIpc) is 3.46. The predicted molar refractivity (Wildman–Crippen MR) is 138 cm³/mol. The van der Waals surface area contributed by atoms with Gasteiger partial charge in [-0.25, -0.2) is 14.6 Å². The van der Waals surface area contributed by atoms with Crippen LogP contribution in [0.3, 0.4) is 0 Å². The number of carbonyl (C=O) groups excluding carboxylic acids is 1. The van der Waals surface area contributed by atoms with E-state index in [0.717, 1.165) is 68.3 Å². The number of benzene rings is 1. The van der Waals surface area contributed by atoms with Crippen LogP contribution in [-0.4, -0.2) is 52.4 Å². The van der Waals surface area contributed by atoms with Crippen molar-refractivity contribution in [3.05, 3.63) is 46.5 Å². The van der Waals surface area contributed by atoms with Crippen LogP contribution in [0.4, 0.5) is 22.0 Å². The van der Waals surface area contributed by atoms with E-state index in [1.807, 2.05) is 22.8 Å². The van der Waals surface area contributed by atoms with Crippen molar-refractivity contribution in [2.75, 3.05) is 37.9 Å². The van der Waals surface area contributed by atoms with Gasteiger partial charge in [-0.2, -0.15) is 0 Å². The number of fused-ring (bicyclic) bond motifs is 1. The molecule has 1 aromatic carbocycles. The van der Waals surface area contributed by atoms with Crippen LogP contribution < -0.4 is 16.3 Å². The molecule has 9 heteroatoms. The van der Waals surface area contributed by atoms with Gasteiger partial charge in [0.25, 0.3) is 0 Å². The van der Waals surface area contributed by atoms with Gasteiger partial charge in [0, 0.05) is 30.5 Å². The SMILES string of the molecule is COC(=O)Nc1cc(Nc2cc3c(cn2)n(C)c(=O)n3C2CCCC2)cc(C2CCN(C)CC2)c1. The summed E-state index contributed by atoms with van der Waals surface area (Å²) in [4.78, 5) is 31.8. The van der Waals surface area contributed by atoms with E-state index in [-0.39, 0.29) is 11.7 Å². The highest BCUT2D eigenvalue weighted by atomic mass is 16.5. The van der Waals surface area contributed by atoms with E-state index < -0.39 is 6.09 Å². The summed E-state index contributed by atoms with van der Waals surface area (Å²) in [5, 5.41) is 6.24. The van der Waals surface area contributed by atoms with Gasteiger partial charge in [0.2, 0.25) is 0 Å². The van der Waals surface area contributed by atoms with Crippen LogP contribution >= 0.6 is 0 Å². The number of nitrogens with zero attached hydrogens (tertiary/aromatic N) is 4. The third kappa shape index (κ3) is 4.77. The Morgan fingerprint density at radius 1 is 1.00 bits per heavy atom. The van der Waals surface area contributed by atoms with Gasteiger partial charge >= 0.3 is 11.8 Å². The summed E-state index contributed by atoms with van der Waals surface area (Å²) in [7, 11) is 5.31. The Kier molecular flexibility index (Phi) is 6.51. The first-order valence-electron chi connectivity index (χ1n) is 12.5. The molecule has 9 nitrogen and oxygen atoms in total. The van der Waals surface area contributed by atoms with Crippen molar-refractivity contribution in [3.63, 3.8) is 0 Å². The molecule has 0 unspecified atom stereocenters. The van der Waals surface area contributed by atoms with Crippen LogP contribution in [0.2, 0.25) is 0 Å². The van der Waals surface area contributed by atoms with E-state index in [1.165, 1.54) is 12.7 Å². The molecule has 2 aromatic heterocycles. The van der Waals surface area contributed by atoms with Crippen molar-refractivity contribution in [2.45, 2.75) is 50.5 Å². The fourth-order valence-electron chi connectivity index (χ4n) is 5.53. The maximum Gasteiger partial charge on any atom is 0.411 e. The number of hydrogen-bond donors (Lipinski definition) is 2. The van der Waals surface area contributed by atoms with Crippen LogP contribution in [0.25, 0.3) is 11.0 Å². The Hall–Kier alpha value is -3.33. The second-order valence-corrected chi connectivity index (χ2v) is 9.87. The molecule has 2 aliphatic rings. The Balaban J connectivity index is 1.49. The Bertz CT molecular complexity index is 1280. The molecule has 3 aromatic rings. The van der Waals surface area contributed by atoms with Gasteiger partial charge < -0.3 is 15.0 Å². The van der Waals surface area contributed by atoms with E-state index in [9.17, 15) is 9.59 Å². The molecular weight excluding hydrogens is 444 g/mol. The van der Waals surface area contributed by atoms with Gasteiger partial charge in [0.15, 0.2) is 0 Å². The summed E-state index contributed by atoms with van der Waals surface area (Å²) < 4.78 is 8.43. The molecule has 35 heavy (non-hydrogen) atoms. The van der Waals surface area contributed by atoms with E-state index >= 15 is 0 Å². The number of ether oxygens (including phenoxy) is 1. The minimum Gasteiger partial charge on any atom is -0.453 e. The van der Waals surface area contributed by atoms with Gasteiger partial charge in [-0.3, -0.25) is 14.5 Å². The average molecular weight is 479 g/mol. The summed E-state index contributed by atoms with van der Waals surface area (Å²) in [6, 6.07) is 8.26. The standard InChI is InChI=1S/C26H34N6O3/c1-30-10-8-17(9-11-30)18-12-19(14-20(13-18)29-25(33)35-3)28-24-15-22-23(16-27-24)31(2)26(34)32(22)21-6-4-5-7-21/h12-17,21H,4-11H2,1-3H3,(H,27,28)(H,29,33). The van der Waals surface area contributed by atoms with Crippen LogP contribution in [0, 0.1) is 0 Å². The molecule has 1 aliphatic carbocycles. The number of aryl methyl sites for hydroxylation is 1. The fraction of sp³-hybridized carbons (Fsp3) is 0.500. The largest absolute Gasteiger partial charge is 0.453 e. The predicted octanol–water partition coefficient (Wildman–Crippen LogP) is 4.58. The van der Waals surface area contributed by atoms with Crippen molar-refractivity contribution in [1.82, 2.24) is 19.0 Å². The number of rotatable bonds is 5. The highest BCUT2D eigenvalue weighted by molar-refractivity contribution is 5.86. The number of nitrogens with one attached hydrogen (secondary N) is 2. The molecule has 2 fully saturated rings. The first-order valence-corrected chi connectivity index (χ1v) is 12.5. The van der Waals surface area contributed by atoms with Crippen LogP contribution in [0.1, 0.15) is 56.0 Å². The normalized spacial score (nSPS) is 17.7. The molecule has 1 aliphatic heterocycles. The molecule has 0 spiro atoms. The zero-order valence-corrected chi connectivity index (χ0v) is 20.7. The van der Waals surface area contributed by atoms with Crippen molar-refractivity contribution in [1.29, 1.82) is 0 Å². The highest BCUT2D eigenvalue weighted by Crippen LogP contribution is 2.34. The van der Waals surface area contributed by atoms with Crippen molar-refractivity contribution >= 4 is 34.3 Å². The van der Waals surface area contributed by atoms with E-state index in [0.29, 0.717) is 17.4 Å². The van der Waals surface area contributed by atoms with E-state index in [4.69, 9.17) is 4.74 Å². The number of carbonyl (C=O) groups is 1. The Morgan fingerprint density at radius 2 is 1.71 bits per heavy atom. The maximum atomic E-state index is 13.0. The van der Waals surface area contributed by atoms with Crippen molar-refractivity contribution < 1.29 is 9.53 Å². The van der Waals surface area contributed by atoms with Crippen LogP contribution in [-0.2, 0) is 11.8 Å². The first kappa shape index (κ1) is 23.4. The number of imidazole rings is 1. The molecule has 0 radical (unpaired) electrons. The van der Waals surface area contributed by atoms with Crippen LogP contribution in [0.15, 0.2) is 35.3 Å². The lowest BCUT2D eigenvalue weighted by Gasteiger charge is -2.29.